The third-order valence-electron chi connectivity index (χ3n) is 4.61. The Morgan fingerprint density at radius 1 is 1.05 bits per heavy atom. The quantitative estimate of drug-likeness (QED) is 0.673. The van der Waals surface area contributed by atoms with Gasteiger partial charge in [0.2, 0.25) is 0 Å². The maximum Gasteiger partial charge on any atom is 0.182 e. The number of aliphatic hydroxyl groups is 2. The number of aromatic amines is 1. The minimum absolute atomic E-state index is 0.418. The number of hydrogen-bond donors (Lipinski definition) is 3. The molecule has 7 heteroatoms. The molecule has 2 fully saturated rings. The monoisotopic (exact) mass is 275 g/mol. The van der Waals surface area contributed by atoms with E-state index in [1.165, 1.54) is 6.33 Å². The van der Waals surface area contributed by atoms with E-state index in [1.807, 2.05) is 0 Å². The molecule has 1 saturated heterocycles. The van der Waals surface area contributed by atoms with Crippen LogP contribution in [0.15, 0.2) is 12.7 Å². The zero-order chi connectivity index (χ0) is 13.7. The van der Waals surface area contributed by atoms with Crippen LogP contribution in [0.5, 0.6) is 0 Å². The molecule has 20 heavy (non-hydrogen) atoms. The van der Waals surface area contributed by atoms with Crippen molar-refractivity contribution in [3.63, 3.8) is 0 Å². The molecule has 0 spiro atoms. The van der Waals surface area contributed by atoms with Gasteiger partial charge in [-0.25, -0.2) is 15.0 Å². The van der Waals surface area contributed by atoms with Gasteiger partial charge < -0.3 is 20.1 Å². The predicted molar refractivity (Wildman–Crippen MR) is 72.1 cm³/mol. The third kappa shape index (κ3) is 1.77. The largest absolute Gasteiger partial charge is 0.390 e. The van der Waals surface area contributed by atoms with Gasteiger partial charge in [0.05, 0.1) is 18.5 Å². The van der Waals surface area contributed by atoms with E-state index in [-0.39, 0.29) is 0 Å². The summed E-state index contributed by atoms with van der Waals surface area (Å²) in [6.45, 7) is 1.72. The number of fused-ring (bicyclic) bond motifs is 2. The first-order valence-electron chi connectivity index (χ1n) is 6.97. The number of aromatic nitrogens is 4. The number of H-pyrrole nitrogens is 1. The summed E-state index contributed by atoms with van der Waals surface area (Å²) in [6.07, 6.45) is 3.31. The minimum Gasteiger partial charge on any atom is -0.390 e. The van der Waals surface area contributed by atoms with Crippen LogP contribution in [0.2, 0.25) is 0 Å². The number of imidazole rings is 1. The van der Waals surface area contributed by atoms with Crippen LogP contribution in [0, 0.1) is 11.8 Å². The van der Waals surface area contributed by atoms with Gasteiger partial charge in [-0.15, -0.1) is 0 Å². The van der Waals surface area contributed by atoms with Crippen molar-refractivity contribution in [3.05, 3.63) is 12.7 Å². The molecule has 2 aliphatic rings. The second kappa shape index (κ2) is 4.39. The van der Waals surface area contributed by atoms with E-state index in [0.29, 0.717) is 30.3 Å². The van der Waals surface area contributed by atoms with E-state index in [4.69, 9.17) is 0 Å². The van der Waals surface area contributed by atoms with Crippen molar-refractivity contribution in [2.75, 3.05) is 18.0 Å². The highest BCUT2D eigenvalue weighted by atomic mass is 16.3. The average Bonchev–Trinajstić information content (AvgIpc) is 3.05. The molecule has 2 aromatic rings. The fourth-order valence-corrected chi connectivity index (χ4v) is 3.57. The number of anilines is 1. The van der Waals surface area contributed by atoms with Crippen molar-refractivity contribution in [3.8, 4) is 0 Å². The summed E-state index contributed by atoms with van der Waals surface area (Å²) in [5.41, 5.74) is 1.53. The summed E-state index contributed by atoms with van der Waals surface area (Å²) in [4.78, 5) is 18.0. The second-order valence-electron chi connectivity index (χ2n) is 5.83. The van der Waals surface area contributed by atoms with Crippen molar-refractivity contribution in [1.82, 2.24) is 19.9 Å². The van der Waals surface area contributed by atoms with Crippen molar-refractivity contribution in [2.24, 2.45) is 11.8 Å². The minimum atomic E-state index is -0.589. The lowest BCUT2D eigenvalue weighted by molar-refractivity contribution is -0.0372. The number of nitrogens with one attached hydrogen (secondary N) is 1. The zero-order valence-electron chi connectivity index (χ0n) is 11.0. The lowest BCUT2D eigenvalue weighted by atomic mass is 9.79. The molecular weight excluding hydrogens is 258 g/mol. The summed E-state index contributed by atoms with van der Waals surface area (Å²) in [7, 11) is 0. The molecule has 0 bridgehead atoms. The van der Waals surface area contributed by atoms with Gasteiger partial charge in [-0.05, 0) is 24.7 Å². The first-order valence-corrected chi connectivity index (χ1v) is 6.97. The molecule has 0 aromatic carbocycles. The highest BCUT2D eigenvalue weighted by molar-refractivity contribution is 5.82. The summed E-state index contributed by atoms with van der Waals surface area (Å²) in [6, 6.07) is 0. The topological polar surface area (TPSA) is 98.2 Å². The number of nitrogens with zero attached hydrogens (tertiary/aromatic N) is 4. The predicted octanol–water partition coefficient (Wildman–Crippen LogP) is -0.0791. The highest BCUT2D eigenvalue weighted by Crippen LogP contribution is 2.38. The van der Waals surface area contributed by atoms with Gasteiger partial charge in [0.15, 0.2) is 11.5 Å². The van der Waals surface area contributed by atoms with Crippen LogP contribution in [0.4, 0.5) is 5.82 Å². The van der Waals surface area contributed by atoms with Crippen LogP contribution in [0.1, 0.15) is 12.8 Å². The third-order valence-corrected chi connectivity index (χ3v) is 4.61. The van der Waals surface area contributed by atoms with Crippen molar-refractivity contribution in [1.29, 1.82) is 0 Å². The fourth-order valence-electron chi connectivity index (χ4n) is 3.57. The van der Waals surface area contributed by atoms with Crippen LogP contribution >= 0.6 is 0 Å². The Morgan fingerprint density at radius 2 is 1.75 bits per heavy atom. The van der Waals surface area contributed by atoms with Gasteiger partial charge in [-0.3, -0.25) is 0 Å². The van der Waals surface area contributed by atoms with E-state index in [9.17, 15) is 10.2 Å². The van der Waals surface area contributed by atoms with Crippen molar-refractivity contribution >= 4 is 17.0 Å². The maximum atomic E-state index is 9.81. The summed E-state index contributed by atoms with van der Waals surface area (Å²) < 4.78 is 0. The summed E-state index contributed by atoms with van der Waals surface area (Å²) >= 11 is 0. The first kappa shape index (κ1) is 12.0. The van der Waals surface area contributed by atoms with Crippen molar-refractivity contribution in [2.45, 2.75) is 25.0 Å². The molecule has 3 N–H and O–H groups in total. The fraction of sp³-hybridized carbons (Fsp3) is 0.615. The van der Waals surface area contributed by atoms with Crippen LogP contribution in [0.25, 0.3) is 11.2 Å². The Labute approximate surface area is 115 Å². The lowest BCUT2D eigenvalue weighted by Gasteiger charge is -2.31. The van der Waals surface area contributed by atoms with Gasteiger partial charge in [0, 0.05) is 13.1 Å². The van der Waals surface area contributed by atoms with Gasteiger partial charge in [-0.2, -0.15) is 0 Å². The molecule has 1 aliphatic carbocycles. The molecule has 1 saturated carbocycles. The van der Waals surface area contributed by atoms with Gasteiger partial charge >= 0.3 is 0 Å². The van der Waals surface area contributed by atoms with Gasteiger partial charge in [-0.1, -0.05) is 0 Å². The van der Waals surface area contributed by atoms with Gasteiger partial charge in [0.25, 0.3) is 0 Å². The van der Waals surface area contributed by atoms with E-state index in [2.05, 4.69) is 24.8 Å². The molecule has 1 aliphatic heterocycles. The van der Waals surface area contributed by atoms with Crippen LogP contribution < -0.4 is 4.90 Å². The Balaban J connectivity index is 1.63. The van der Waals surface area contributed by atoms with Crippen LogP contribution in [-0.4, -0.2) is 55.4 Å². The molecule has 0 amide bonds. The molecule has 2 aromatic heterocycles. The van der Waals surface area contributed by atoms with E-state index in [0.717, 1.165) is 24.4 Å². The van der Waals surface area contributed by atoms with E-state index >= 15 is 0 Å². The van der Waals surface area contributed by atoms with Crippen LogP contribution in [-0.2, 0) is 0 Å². The van der Waals surface area contributed by atoms with E-state index in [1.54, 1.807) is 6.33 Å². The zero-order valence-corrected chi connectivity index (χ0v) is 11.0. The molecule has 106 valence electrons. The number of aliphatic hydroxyl groups excluding tert-OH is 2. The standard InChI is InChI=1S/C13H17N5O2/c19-9-1-7-3-18(4-8(7)2-10(9)20)13-11-12(15-5-14-11)16-6-17-13/h5-10,19-20H,1-4H2,(H,14,15,16,17)/t7-,8+,9-,10-/m0/s1. The van der Waals surface area contributed by atoms with Crippen LogP contribution in [0.3, 0.4) is 0 Å². The Morgan fingerprint density at radius 3 is 2.45 bits per heavy atom. The number of hydrogen-bond acceptors (Lipinski definition) is 6. The molecule has 7 nitrogen and oxygen atoms in total. The second-order valence-corrected chi connectivity index (χ2v) is 5.83. The Kier molecular flexibility index (Phi) is 2.64. The molecule has 4 rings (SSSR count). The maximum absolute atomic E-state index is 9.81. The SMILES string of the molecule is O[C@H]1C[C@@H]2CN(c3ncnc4nc[nH]c34)C[C@@H]2C[C@@H]1O. The van der Waals surface area contributed by atoms with Crippen molar-refractivity contribution < 1.29 is 10.2 Å². The van der Waals surface area contributed by atoms with Gasteiger partial charge in [0.1, 0.15) is 11.8 Å². The highest BCUT2D eigenvalue weighted by Gasteiger charge is 2.41. The molecule has 3 heterocycles. The Hall–Kier alpha value is -1.73. The Bertz CT molecular complexity index is 612. The first-order chi connectivity index (χ1) is 9.72. The van der Waals surface area contributed by atoms with E-state index < -0.39 is 12.2 Å². The molecule has 0 radical (unpaired) electrons. The lowest BCUT2D eigenvalue weighted by Crippen LogP contribution is -2.38. The summed E-state index contributed by atoms with van der Waals surface area (Å²) in [5, 5.41) is 19.6. The summed E-state index contributed by atoms with van der Waals surface area (Å²) in [5.74, 6) is 1.70. The average molecular weight is 275 g/mol. The molecule has 0 unspecified atom stereocenters. The number of rotatable bonds is 1. The smallest absolute Gasteiger partial charge is 0.182 e. The normalized spacial score (nSPS) is 33.6. The molecular formula is C13H17N5O2. The molecule has 4 atom stereocenters.